The lowest BCUT2D eigenvalue weighted by atomic mass is 9.44. The van der Waals surface area contributed by atoms with E-state index < -0.39 is 5.41 Å². The van der Waals surface area contributed by atoms with Gasteiger partial charge in [0.25, 0.3) is 0 Å². The van der Waals surface area contributed by atoms with Crippen LogP contribution in [-0.4, -0.2) is 11.6 Å². The molecular weight excluding hydrogens is 298 g/mol. The third-order valence-corrected chi connectivity index (χ3v) is 7.08. The Bertz CT molecular complexity index is 721. The summed E-state index contributed by atoms with van der Waals surface area (Å²) in [6.45, 7) is 10.4. The van der Waals surface area contributed by atoms with Gasteiger partial charge in [0.1, 0.15) is 6.07 Å². The first-order chi connectivity index (χ1) is 11.1. The third-order valence-electron chi connectivity index (χ3n) is 7.08. The summed E-state index contributed by atoms with van der Waals surface area (Å²) >= 11 is 0. The van der Waals surface area contributed by atoms with Crippen molar-refractivity contribution >= 4 is 11.6 Å². The van der Waals surface area contributed by atoms with E-state index in [1.165, 1.54) is 0 Å². The summed E-state index contributed by atoms with van der Waals surface area (Å²) in [4.78, 5) is 25.3. The van der Waals surface area contributed by atoms with Crippen molar-refractivity contribution in [1.82, 2.24) is 0 Å². The predicted octanol–water partition coefficient (Wildman–Crippen LogP) is 4.39. The summed E-state index contributed by atoms with van der Waals surface area (Å²) in [6.07, 6.45) is 7.47. The Balaban J connectivity index is 2.22. The number of nitriles is 1. The average Bonchev–Trinajstić information content (AvgIpc) is 2.52. The number of fused-ring (bicyclic) bond motifs is 3. The van der Waals surface area contributed by atoms with Gasteiger partial charge in [0.15, 0.2) is 11.6 Å². The molecule has 0 heterocycles. The number of hydrogen-bond acceptors (Lipinski definition) is 3. The number of carbonyl (C=O) groups is 2. The molecule has 0 amide bonds. The Morgan fingerprint density at radius 2 is 1.92 bits per heavy atom. The first kappa shape index (κ1) is 17.1. The quantitative estimate of drug-likeness (QED) is 0.718. The SMILES string of the molecule is CC[C@@H]1CC2(C)CC[C@H]3C(C)(C)C(=O)C(C#N)=C[C@]3(C)C2=CC1=O. The van der Waals surface area contributed by atoms with Gasteiger partial charge < -0.3 is 0 Å². The Morgan fingerprint density at radius 3 is 2.50 bits per heavy atom. The standard InChI is InChI=1S/C21H27NO2/c1-6-13-10-20(4)8-7-16-19(2,3)18(24)14(12-22)11-21(16,5)17(20)9-15(13)23/h9,11,13,16H,6-8,10H2,1-5H3/t13-,16+,20?,21+/m1/s1. The average molecular weight is 325 g/mol. The number of allylic oxidation sites excluding steroid dienone is 4. The minimum atomic E-state index is -0.568. The van der Waals surface area contributed by atoms with Crippen LogP contribution in [0.5, 0.6) is 0 Å². The maximum atomic E-state index is 12.7. The van der Waals surface area contributed by atoms with E-state index >= 15 is 0 Å². The zero-order valence-corrected chi connectivity index (χ0v) is 15.4. The molecule has 128 valence electrons. The predicted molar refractivity (Wildman–Crippen MR) is 92.9 cm³/mol. The summed E-state index contributed by atoms with van der Waals surface area (Å²) in [7, 11) is 0. The summed E-state index contributed by atoms with van der Waals surface area (Å²) in [6, 6.07) is 2.11. The molecule has 0 aliphatic heterocycles. The highest BCUT2D eigenvalue weighted by molar-refractivity contribution is 6.04. The van der Waals surface area contributed by atoms with Crippen LogP contribution in [0.3, 0.4) is 0 Å². The van der Waals surface area contributed by atoms with Gasteiger partial charge in [0.2, 0.25) is 0 Å². The van der Waals surface area contributed by atoms with Gasteiger partial charge in [-0.05, 0) is 43.1 Å². The first-order valence-electron chi connectivity index (χ1n) is 9.04. The molecule has 0 aromatic rings. The van der Waals surface area contributed by atoms with E-state index in [1.807, 2.05) is 26.0 Å². The molecule has 0 aromatic carbocycles. The molecule has 1 fully saturated rings. The summed E-state index contributed by atoms with van der Waals surface area (Å²) < 4.78 is 0. The van der Waals surface area contributed by atoms with E-state index in [-0.39, 0.29) is 39.8 Å². The van der Waals surface area contributed by atoms with E-state index in [2.05, 4.69) is 26.8 Å². The number of rotatable bonds is 1. The topological polar surface area (TPSA) is 57.9 Å². The molecular formula is C21H27NO2. The fraction of sp³-hybridized carbons (Fsp3) is 0.667. The lowest BCUT2D eigenvalue weighted by Gasteiger charge is -2.58. The van der Waals surface area contributed by atoms with Crippen molar-refractivity contribution in [2.24, 2.45) is 28.1 Å². The number of nitrogens with zero attached hydrogens (tertiary/aromatic N) is 1. The second-order valence-electron chi connectivity index (χ2n) is 8.92. The van der Waals surface area contributed by atoms with Crippen molar-refractivity contribution in [2.45, 2.75) is 60.3 Å². The maximum absolute atomic E-state index is 12.7. The van der Waals surface area contributed by atoms with Crippen molar-refractivity contribution < 1.29 is 9.59 Å². The highest BCUT2D eigenvalue weighted by atomic mass is 16.1. The van der Waals surface area contributed by atoms with Gasteiger partial charge in [-0.15, -0.1) is 0 Å². The highest BCUT2D eigenvalue weighted by Gasteiger charge is 2.59. The van der Waals surface area contributed by atoms with Gasteiger partial charge in [0.05, 0.1) is 5.57 Å². The van der Waals surface area contributed by atoms with Crippen LogP contribution in [0.2, 0.25) is 0 Å². The van der Waals surface area contributed by atoms with Crippen LogP contribution in [0.25, 0.3) is 0 Å². The fourth-order valence-corrected chi connectivity index (χ4v) is 5.77. The molecule has 0 saturated heterocycles. The van der Waals surface area contributed by atoms with Gasteiger partial charge in [-0.25, -0.2) is 0 Å². The molecule has 3 heteroatoms. The smallest absolute Gasteiger partial charge is 0.178 e. The van der Waals surface area contributed by atoms with Crippen LogP contribution in [0, 0.1) is 39.4 Å². The van der Waals surface area contributed by atoms with Gasteiger partial charge in [-0.2, -0.15) is 5.26 Å². The number of hydrogen-bond donors (Lipinski definition) is 0. The lowest BCUT2D eigenvalue weighted by molar-refractivity contribution is -0.131. The number of Topliss-reactive ketones (excluding diaryl/α,β-unsaturated/α-hetero) is 1. The van der Waals surface area contributed by atoms with E-state index in [0.29, 0.717) is 0 Å². The van der Waals surface area contributed by atoms with E-state index in [4.69, 9.17) is 0 Å². The zero-order valence-electron chi connectivity index (χ0n) is 15.4. The molecule has 24 heavy (non-hydrogen) atoms. The Labute approximate surface area is 144 Å². The molecule has 0 radical (unpaired) electrons. The van der Waals surface area contributed by atoms with E-state index in [9.17, 15) is 14.9 Å². The Morgan fingerprint density at radius 1 is 1.25 bits per heavy atom. The molecule has 4 atom stereocenters. The second kappa shape index (κ2) is 5.15. The summed E-state index contributed by atoms with van der Waals surface area (Å²) in [5.41, 5.74) is 0.446. The van der Waals surface area contributed by atoms with Crippen molar-refractivity contribution in [1.29, 1.82) is 5.26 Å². The van der Waals surface area contributed by atoms with Gasteiger partial charge >= 0.3 is 0 Å². The molecule has 0 spiro atoms. The van der Waals surface area contributed by atoms with Crippen LogP contribution in [-0.2, 0) is 9.59 Å². The van der Waals surface area contributed by atoms with Gasteiger partial charge in [-0.1, -0.05) is 46.3 Å². The maximum Gasteiger partial charge on any atom is 0.178 e. The van der Waals surface area contributed by atoms with Crippen molar-refractivity contribution in [3.05, 3.63) is 23.3 Å². The normalized spacial score (nSPS) is 40.8. The largest absolute Gasteiger partial charge is 0.295 e. The Kier molecular flexibility index (Phi) is 3.68. The Hall–Kier alpha value is -1.69. The molecule has 0 N–H and O–H groups in total. The molecule has 3 nitrogen and oxygen atoms in total. The zero-order chi connectivity index (χ0) is 17.9. The molecule has 0 bridgehead atoms. The minimum Gasteiger partial charge on any atom is -0.295 e. The summed E-state index contributed by atoms with van der Waals surface area (Å²) in [5, 5.41) is 9.47. The summed E-state index contributed by atoms with van der Waals surface area (Å²) in [5.74, 6) is 0.412. The molecule has 3 aliphatic carbocycles. The van der Waals surface area contributed by atoms with Crippen LogP contribution >= 0.6 is 0 Å². The molecule has 3 aliphatic rings. The van der Waals surface area contributed by atoms with E-state index in [1.54, 1.807) is 0 Å². The fourth-order valence-electron chi connectivity index (χ4n) is 5.77. The van der Waals surface area contributed by atoms with Crippen molar-refractivity contribution in [3.8, 4) is 6.07 Å². The van der Waals surface area contributed by atoms with Crippen LogP contribution in [0.1, 0.15) is 60.3 Å². The van der Waals surface area contributed by atoms with Gasteiger partial charge in [0, 0.05) is 16.7 Å². The van der Waals surface area contributed by atoms with Gasteiger partial charge in [-0.3, -0.25) is 9.59 Å². The number of carbonyl (C=O) groups excluding carboxylic acids is 2. The first-order valence-corrected chi connectivity index (χ1v) is 9.04. The van der Waals surface area contributed by atoms with Crippen LogP contribution in [0.15, 0.2) is 23.3 Å². The molecule has 1 unspecified atom stereocenters. The van der Waals surface area contributed by atoms with Crippen LogP contribution < -0.4 is 0 Å². The molecule has 0 aromatic heterocycles. The lowest BCUT2D eigenvalue weighted by Crippen LogP contribution is -2.54. The molecule has 1 saturated carbocycles. The van der Waals surface area contributed by atoms with Crippen LogP contribution in [0.4, 0.5) is 0 Å². The number of ketones is 2. The second-order valence-corrected chi connectivity index (χ2v) is 8.92. The minimum absolute atomic E-state index is 0.00658. The monoisotopic (exact) mass is 325 g/mol. The third kappa shape index (κ3) is 2.08. The van der Waals surface area contributed by atoms with E-state index in [0.717, 1.165) is 31.3 Å². The van der Waals surface area contributed by atoms with Crippen molar-refractivity contribution in [2.75, 3.05) is 0 Å². The molecule has 3 rings (SSSR count). The highest BCUT2D eigenvalue weighted by Crippen LogP contribution is 2.64. The van der Waals surface area contributed by atoms with Crippen molar-refractivity contribution in [3.63, 3.8) is 0 Å².